The molecule has 0 fully saturated rings. The summed E-state index contributed by atoms with van der Waals surface area (Å²) in [6, 6.07) is 17.4. The van der Waals surface area contributed by atoms with Gasteiger partial charge in [-0.3, -0.25) is 9.59 Å². The monoisotopic (exact) mass is 342 g/mol. The van der Waals surface area contributed by atoms with Gasteiger partial charge in [0.25, 0.3) is 5.91 Å². The number of thioether (sulfide) groups is 1. The molecule has 0 saturated heterocycles. The smallest absolute Gasteiger partial charge is 0.251 e. The summed E-state index contributed by atoms with van der Waals surface area (Å²) >= 11 is 1.74. The Morgan fingerprint density at radius 3 is 2.29 bits per heavy atom. The third-order valence-electron chi connectivity index (χ3n) is 3.39. The van der Waals surface area contributed by atoms with Crippen molar-refractivity contribution in [3.05, 3.63) is 65.7 Å². The molecule has 0 aromatic heterocycles. The second-order valence-corrected chi connectivity index (χ2v) is 7.07. The Morgan fingerprint density at radius 2 is 1.67 bits per heavy atom. The Kier molecular flexibility index (Phi) is 6.88. The average molecular weight is 342 g/mol. The maximum Gasteiger partial charge on any atom is 0.251 e. The highest BCUT2D eigenvalue weighted by molar-refractivity contribution is 8.00. The summed E-state index contributed by atoms with van der Waals surface area (Å²) in [6.07, 6.45) is 0. The zero-order valence-corrected chi connectivity index (χ0v) is 14.7. The van der Waals surface area contributed by atoms with E-state index in [1.807, 2.05) is 30.3 Å². The van der Waals surface area contributed by atoms with Gasteiger partial charge in [-0.05, 0) is 29.8 Å². The van der Waals surface area contributed by atoms with Crippen LogP contribution < -0.4 is 10.6 Å². The van der Waals surface area contributed by atoms with Crippen LogP contribution in [-0.4, -0.2) is 23.6 Å². The first-order chi connectivity index (χ1) is 11.5. The molecule has 2 rings (SSSR count). The summed E-state index contributed by atoms with van der Waals surface area (Å²) in [5.74, 6) is -0.150. The van der Waals surface area contributed by atoms with Crippen molar-refractivity contribution in [2.45, 2.75) is 30.5 Å². The molecule has 0 heterocycles. The lowest BCUT2D eigenvalue weighted by molar-refractivity contribution is -0.119. The van der Waals surface area contributed by atoms with Gasteiger partial charge in [0.2, 0.25) is 5.91 Å². The maximum atomic E-state index is 12.2. The molecular weight excluding hydrogens is 320 g/mol. The van der Waals surface area contributed by atoms with Crippen LogP contribution in [0.3, 0.4) is 0 Å². The molecule has 0 aliphatic rings. The van der Waals surface area contributed by atoms with Crippen LogP contribution in [0.2, 0.25) is 0 Å². The van der Waals surface area contributed by atoms with E-state index in [-0.39, 0.29) is 17.1 Å². The van der Waals surface area contributed by atoms with Crippen LogP contribution in [0.1, 0.15) is 29.8 Å². The fraction of sp³-hybridized carbons (Fsp3) is 0.263. The van der Waals surface area contributed by atoms with Crippen molar-refractivity contribution in [3.63, 3.8) is 0 Å². The van der Waals surface area contributed by atoms with Crippen LogP contribution in [0.5, 0.6) is 0 Å². The van der Waals surface area contributed by atoms with Crippen molar-refractivity contribution < 1.29 is 9.59 Å². The first kappa shape index (κ1) is 18.1. The standard InChI is InChI=1S/C19H22N2O2S/c1-14(24-18-6-4-3-5-7-18)12-21-19(23)17-10-8-16(9-11-17)13-20-15(2)22/h3-11,14H,12-13H2,1-2H3,(H,20,22)(H,21,23)/t14-/m0/s1. The molecule has 24 heavy (non-hydrogen) atoms. The van der Waals surface area contributed by atoms with Crippen molar-refractivity contribution in [3.8, 4) is 0 Å². The highest BCUT2D eigenvalue weighted by Crippen LogP contribution is 2.22. The van der Waals surface area contributed by atoms with E-state index in [4.69, 9.17) is 0 Å². The van der Waals surface area contributed by atoms with Gasteiger partial charge in [0.05, 0.1) is 0 Å². The van der Waals surface area contributed by atoms with Crippen LogP contribution in [0.4, 0.5) is 0 Å². The lowest BCUT2D eigenvalue weighted by Crippen LogP contribution is -2.29. The van der Waals surface area contributed by atoms with Crippen LogP contribution >= 0.6 is 11.8 Å². The van der Waals surface area contributed by atoms with Crippen LogP contribution in [0.15, 0.2) is 59.5 Å². The zero-order valence-electron chi connectivity index (χ0n) is 13.9. The van der Waals surface area contributed by atoms with E-state index in [1.165, 1.54) is 11.8 Å². The minimum Gasteiger partial charge on any atom is -0.352 e. The topological polar surface area (TPSA) is 58.2 Å². The van der Waals surface area contributed by atoms with Crippen molar-refractivity contribution >= 4 is 23.6 Å². The van der Waals surface area contributed by atoms with E-state index < -0.39 is 0 Å². The molecular formula is C19H22N2O2S. The normalized spacial score (nSPS) is 11.6. The Bertz CT molecular complexity index is 672. The summed E-state index contributed by atoms with van der Waals surface area (Å²) in [6.45, 7) is 4.65. The number of hydrogen-bond acceptors (Lipinski definition) is 3. The highest BCUT2D eigenvalue weighted by atomic mass is 32.2. The minimum absolute atomic E-state index is 0.0678. The Balaban J connectivity index is 1.80. The number of amides is 2. The van der Waals surface area contributed by atoms with E-state index in [9.17, 15) is 9.59 Å². The quantitative estimate of drug-likeness (QED) is 0.760. The number of rotatable bonds is 7. The van der Waals surface area contributed by atoms with Gasteiger partial charge in [0.15, 0.2) is 0 Å². The highest BCUT2D eigenvalue weighted by Gasteiger charge is 2.09. The van der Waals surface area contributed by atoms with Gasteiger partial charge < -0.3 is 10.6 Å². The zero-order chi connectivity index (χ0) is 17.4. The van der Waals surface area contributed by atoms with E-state index in [0.717, 1.165) is 5.56 Å². The average Bonchev–Trinajstić information content (AvgIpc) is 2.59. The molecule has 0 spiro atoms. The van der Waals surface area contributed by atoms with E-state index in [1.54, 1.807) is 23.9 Å². The molecule has 0 unspecified atom stereocenters. The molecule has 4 nitrogen and oxygen atoms in total. The van der Waals surface area contributed by atoms with Crippen LogP contribution in [0, 0.1) is 0 Å². The summed E-state index contributed by atoms with van der Waals surface area (Å²) in [7, 11) is 0. The molecule has 126 valence electrons. The van der Waals surface area contributed by atoms with Crippen molar-refractivity contribution in [2.75, 3.05) is 6.54 Å². The van der Waals surface area contributed by atoms with Gasteiger partial charge in [-0.2, -0.15) is 0 Å². The summed E-state index contributed by atoms with van der Waals surface area (Å²) in [4.78, 5) is 24.3. The Morgan fingerprint density at radius 1 is 1.00 bits per heavy atom. The molecule has 0 bridgehead atoms. The number of benzene rings is 2. The van der Waals surface area contributed by atoms with E-state index >= 15 is 0 Å². The largest absolute Gasteiger partial charge is 0.352 e. The van der Waals surface area contributed by atoms with Gasteiger partial charge in [0.1, 0.15) is 0 Å². The molecule has 2 aromatic rings. The lowest BCUT2D eigenvalue weighted by atomic mass is 10.1. The minimum atomic E-state index is -0.0819. The van der Waals surface area contributed by atoms with Gasteiger partial charge >= 0.3 is 0 Å². The predicted octanol–water partition coefficient (Wildman–Crippen LogP) is 3.23. The first-order valence-electron chi connectivity index (χ1n) is 7.88. The van der Waals surface area contributed by atoms with Gasteiger partial charge in [-0.15, -0.1) is 11.8 Å². The van der Waals surface area contributed by atoms with Crippen molar-refractivity contribution in [2.24, 2.45) is 0 Å². The molecule has 2 amide bonds. The number of hydrogen-bond donors (Lipinski definition) is 2. The first-order valence-corrected chi connectivity index (χ1v) is 8.76. The molecule has 0 aliphatic carbocycles. The third-order valence-corrected chi connectivity index (χ3v) is 4.50. The molecule has 5 heteroatoms. The van der Waals surface area contributed by atoms with E-state index in [2.05, 4.69) is 29.7 Å². The molecule has 0 radical (unpaired) electrons. The summed E-state index contributed by atoms with van der Waals surface area (Å²) in [5.41, 5.74) is 1.59. The third kappa shape index (κ3) is 6.08. The van der Waals surface area contributed by atoms with E-state index in [0.29, 0.717) is 18.7 Å². The summed E-state index contributed by atoms with van der Waals surface area (Å²) in [5, 5.41) is 5.98. The SMILES string of the molecule is CC(=O)NCc1ccc(C(=O)NC[C@H](C)Sc2ccccc2)cc1. The Hall–Kier alpha value is -2.27. The van der Waals surface area contributed by atoms with Gasteiger partial charge in [-0.1, -0.05) is 37.3 Å². The van der Waals surface area contributed by atoms with Crippen molar-refractivity contribution in [1.82, 2.24) is 10.6 Å². The summed E-state index contributed by atoms with van der Waals surface area (Å²) < 4.78 is 0. The van der Waals surface area contributed by atoms with Crippen LogP contribution in [0.25, 0.3) is 0 Å². The Labute approximate surface area is 147 Å². The van der Waals surface area contributed by atoms with Crippen LogP contribution in [-0.2, 0) is 11.3 Å². The molecule has 2 aromatic carbocycles. The number of carbonyl (C=O) groups is 2. The molecule has 2 N–H and O–H groups in total. The number of carbonyl (C=O) groups excluding carboxylic acids is 2. The maximum absolute atomic E-state index is 12.2. The fourth-order valence-electron chi connectivity index (χ4n) is 2.11. The molecule has 1 atom stereocenters. The second kappa shape index (κ2) is 9.13. The van der Waals surface area contributed by atoms with Gasteiger partial charge in [-0.25, -0.2) is 0 Å². The van der Waals surface area contributed by atoms with Gasteiger partial charge in [0, 0.05) is 35.7 Å². The fourth-order valence-corrected chi connectivity index (χ4v) is 3.06. The lowest BCUT2D eigenvalue weighted by Gasteiger charge is -2.12. The van der Waals surface area contributed by atoms with Crippen molar-refractivity contribution in [1.29, 1.82) is 0 Å². The molecule has 0 saturated carbocycles. The second-order valence-electron chi connectivity index (χ2n) is 5.56. The number of nitrogens with one attached hydrogen (secondary N) is 2. The predicted molar refractivity (Wildman–Crippen MR) is 98.1 cm³/mol. The molecule has 0 aliphatic heterocycles.